The standard InChI is InChI=1S/C22H20N4O2S/c1-14-2-6-16(7-3-14)19-13-29-22(24-19)17-8-4-15(5-9-17)12-23-21(28)18-10-11-20(27)26-25-18/h2-9,13H,10-12H2,1H3,(H,23,28)(H,26,27). The van der Waals surface area contributed by atoms with Crippen LogP contribution in [0.15, 0.2) is 59.0 Å². The molecule has 0 saturated carbocycles. The van der Waals surface area contributed by atoms with Crippen molar-refractivity contribution in [3.63, 3.8) is 0 Å². The molecule has 2 heterocycles. The summed E-state index contributed by atoms with van der Waals surface area (Å²) in [6.45, 7) is 2.47. The highest BCUT2D eigenvalue weighted by Crippen LogP contribution is 2.29. The monoisotopic (exact) mass is 404 g/mol. The van der Waals surface area contributed by atoms with Crippen LogP contribution < -0.4 is 10.7 Å². The number of nitrogens with zero attached hydrogens (tertiary/aromatic N) is 2. The molecule has 0 unspecified atom stereocenters. The van der Waals surface area contributed by atoms with Crippen molar-refractivity contribution in [2.45, 2.75) is 26.3 Å². The molecule has 0 saturated heterocycles. The van der Waals surface area contributed by atoms with Gasteiger partial charge in [-0.05, 0) is 12.5 Å². The zero-order valence-electron chi connectivity index (χ0n) is 15.9. The third-order valence-corrected chi connectivity index (χ3v) is 5.56. The van der Waals surface area contributed by atoms with E-state index in [0.717, 1.165) is 27.4 Å². The predicted molar refractivity (Wildman–Crippen MR) is 114 cm³/mol. The SMILES string of the molecule is Cc1ccc(-c2csc(-c3ccc(CNC(=O)C4=NNC(=O)CC4)cc3)n2)cc1. The highest BCUT2D eigenvalue weighted by Gasteiger charge is 2.17. The molecular formula is C22H20N4O2S. The number of hydrogen-bond acceptors (Lipinski definition) is 5. The lowest BCUT2D eigenvalue weighted by Crippen LogP contribution is -2.36. The van der Waals surface area contributed by atoms with Crippen LogP contribution in [0.3, 0.4) is 0 Å². The molecule has 2 aromatic carbocycles. The van der Waals surface area contributed by atoms with E-state index in [2.05, 4.69) is 52.4 Å². The Bertz CT molecular complexity index is 1070. The number of benzene rings is 2. The molecule has 146 valence electrons. The molecular weight excluding hydrogens is 384 g/mol. The third kappa shape index (κ3) is 4.57. The van der Waals surface area contributed by atoms with Gasteiger partial charge in [-0.3, -0.25) is 9.59 Å². The minimum Gasteiger partial charge on any atom is -0.347 e. The maximum absolute atomic E-state index is 12.1. The van der Waals surface area contributed by atoms with E-state index < -0.39 is 0 Å². The fourth-order valence-electron chi connectivity index (χ4n) is 2.95. The Balaban J connectivity index is 1.39. The van der Waals surface area contributed by atoms with Crippen molar-refractivity contribution >= 4 is 28.9 Å². The maximum atomic E-state index is 12.1. The molecule has 7 heteroatoms. The summed E-state index contributed by atoms with van der Waals surface area (Å²) in [4.78, 5) is 28.0. The van der Waals surface area contributed by atoms with Gasteiger partial charge in [0.25, 0.3) is 5.91 Å². The van der Waals surface area contributed by atoms with Gasteiger partial charge in [0.15, 0.2) is 0 Å². The van der Waals surface area contributed by atoms with Crippen LogP contribution in [0.4, 0.5) is 0 Å². The van der Waals surface area contributed by atoms with E-state index in [4.69, 9.17) is 4.98 Å². The highest BCUT2D eigenvalue weighted by atomic mass is 32.1. The van der Waals surface area contributed by atoms with Crippen LogP contribution in [0.1, 0.15) is 24.0 Å². The van der Waals surface area contributed by atoms with E-state index in [0.29, 0.717) is 25.1 Å². The average molecular weight is 404 g/mol. The van der Waals surface area contributed by atoms with Gasteiger partial charge in [-0.15, -0.1) is 11.3 Å². The summed E-state index contributed by atoms with van der Waals surface area (Å²) in [6.07, 6.45) is 0.656. The number of aromatic nitrogens is 1. The van der Waals surface area contributed by atoms with Crippen LogP contribution in [0.25, 0.3) is 21.8 Å². The number of nitrogens with one attached hydrogen (secondary N) is 2. The molecule has 1 aliphatic heterocycles. The molecule has 0 atom stereocenters. The molecule has 2 amide bonds. The zero-order valence-corrected chi connectivity index (χ0v) is 16.8. The molecule has 0 fully saturated rings. The van der Waals surface area contributed by atoms with Gasteiger partial charge in [0, 0.05) is 35.9 Å². The van der Waals surface area contributed by atoms with Crippen molar-refractivity contribution in [1.82, 2.24) is 15.7 Å². The average Bonchev–Trinajstić information content (AvgIpc) is 3.24. The van der Waals surface area contributed by atoms with E-state index in [1.807, 2.05) is 24.3 Å². The van der Waals surface area contributed by atoms with Crippen LogP contribution >= 0.6 is 11.3 Å². The lowest BCUT2D eigenvalue weighted by molar-refractivity contribution is -0.121. The van der Waals surface area contributed by atoms with Gasteiger partial charge >= 0.3 is 0 Å². The number of hydrogen-bond donors (Lipinski definition) is 2. The van der Waals surface area contributed by atoms with Gasteiger partial charge in [0.05, 0.1) is 5.69 Å². The van der Waals surface area contributed by atoms with Crippen molar-refractivity contribution in [3.05, 3.63) is 65.0 Å². The van der Waals surface area contributed by atoms with Crippen molar-refractivity contribution in [2.75, 3.05) is 0 Å². The molecule has 0 spiro atoms. The van der Waals surface area contributed by atoms with Crippen LogP contribution in [0.5, 0.6) is 0 Å². The van der Waals surface area contributed by atoms with Gasteiger partial charge in [0.1, 0.15) is 10.7 Å². The summed E-state index contributed by atoms with van der Waals surface area (Å²) in [5.41, 5.74) is 8.03. The molecule has 4 rings (SSSR count). The fourth-order valence-corrected chi connectivity index (χ4v) is 3.79. The Kier molecular flexibility index (Phi) is 5.48. The van der Waals surface area contributed by atoms with Gasteiger partial charge in [-0.25, -0.2) is 10.4 Å². The largest absolute Gasteiger partial charge is 0.347 e. The minimum absolute atomic E-state index is 0.162. The summed E-state index contributed by atoms with van der Waals surface area (Å²) >= 11 is 1.61. The second-order valence-corrected chi connectivity index (χ2v) is 7.74. The van der Waals surface area contributed by atoms with Gasteiger partial charge < -0.3 is 5.32 Å². The number of carbonyl (C=O) groups is 2. The first-order valence-electron chi connectivity index (χ1n) is 9.34. The first kappa shape index (κ1) is 19.0. The van der Waals surface area contributed by atoms with Crippen LogP contribution in [-0.2, 0) is 16.1 Å². The molecule has 1 aromatic heterocycles. The molecule has 2 N–H and O–H groups in total. The smallest absolute Gasteiger partial charge is 0.267 e. The topological polar surface area (TPSA) is 83.5 Å². The van der Waals surface area contributed by atoms with E-state index in [9.17, 15) is 9.59 Å². The highest BCUT2D eigenvalue weighted by molar-refractivity contribution is 7.13. The van der Waals surface area contributed by atoms with Crippen molar-refractivity contribution in [2.24, 2.45) is 5.10 Å². The quantitative estimate of drug-likeness (QED) is 0.681. The third-order valence-electron chi connectivity index (χ3n) is 4.67. The van der Waals surface area contributed by atoms with Crippen LogP contribution in [-0.4, -0.2) is 22.5 Å². The summed E-state index contributed by atoms with van der Waals surface area (Å²) < 4.78 is 0. The Labute approximate surface area is 172 Å². The summed E-state index contributed by atoms with van der Waals surface area (Å²) in [7, 11) is 0. The zero-order chi connectivity index (χ0) is 20.2. The van der Waals surface area contributed by atoms with E-state index in [1.165, 1.54) is 5.56 Å². The van der Waals surface area contributed by atoms with E-state index in [1.54, 1.807) is 11.3 Å². The number of rotatable bonds is 5. The second kappa shape index (κ2) is 8.36. The molecule has 1 aliphatic rings. The maximum Gasteiger partial charge on any atom is 0.267 e. The van der Waals surface area contributed by atoms with Crippen LogP contribution in [0.2, 0.25) is 0 Å². The molecule has 0 radical (unpaired) electrons. The van der Waals surface area contributed by atoms with E-state index in [-0.39, 0.29) is 11.8 Å². The molecule has 0 aliphatic carbocycles. The normalized spacial score (nSPS) is 13.6. The number of hydrazone groups is 1. The predicted octanol–water partition coefficient (Wildman–Crippen LogP) is 3.67. The minimum atomic E-state index is -0.253. The molecule has 3 aromatic rings. The number of amides is 2. The van der Waals surface area contributed by atoms with Gasteiger partial charge in [0.2, 0.25) is 5.91 Å². The van der Waals surface area contributed by atoms with Crippen molar-refractivity contribution in [3.8, 4) is 21.8 Å². The number of aryl methyl sites for hydroxylation is 1. The first-order chi connectivity index (χ1) is 14.1. The first-order valence-corrected chi connectivity index (χ1v) is 10.2. The Morgan fingerprint density at radius 2 is 1.79 bits per heavy atom. The summed E-state index contributed by atoms with van der Waals surface area (Å²) in [6, 6.07) is 16.3. The van der Waals surface area contributed by atoms with Gasteiger partial charge in [-0.2, -0.15) is 5.10 Å². The number of carbonyl (C=O) groups excluding carboxylic acids is 2. The lowest BCUT2D eigenvalue weighted by Gasteiger charge is -2.12. The van der Waals surface area contributed by atoms with Crippen molar-refractivity contribution in [1.29, 1.82) is 0 Å². The Hall–Kier alpha value is -3.32. The van der Waals surface area contributed by atoms with Crippen molar-refractivity contribution < 1.29 is 9.59 Å². The summed E-state index contributed by atoms with van der Waals surface area (Å²) in [5.74, 6) is -0.415. The van der Waals surface area contributed by atoms with Crippen LogP contribution in [0, 0.1) is 6.92 Å². The molecule has 29 heavy (non-hydrogen) atoms. The fraction of sp³-hybridized carbons (Fsp3) is 0.182. The van der Waals surface area contributed by atoms with Gasteiger partial charge in [-0.1, -0.05) is 54.1 Å². The molecule has 0 bridgehead atoms. The summed E-state index contributed by atoms with van der Waals surface area (Å²) in [5, 5.41) is 9.67. The van der Waals surface area contributed by atoms with E-state index >= 15 is 0 Å². The number of thiazole rings is 1. The Morgan fingerprint density at radius 1 is 1.07 bits per heavy atom. The second-order valence-electron chi connectivity index (χ2n) is 6.88. The lowest BCUT2D eigenvalue weighted by atomic mass is 10.1. The Morgan fingerprint density at radius 3 is 2.48 bits per heavy atom. The molecule has 6 nitrogen and oxygen atoms in total.